The van der Waals surface area contributed by atoms with Crippen LogP contribution < -0.4 is 10.7 Å². The largest absolute Gasteiger partial charge is 0.331 e. The van der Waals surface area contributed by atoms with E-state index in [0.29, 0.717) is 5.11 Å². The van der Waals surface area contributed by atoms with Crippen LogP contribution in [0, 0.1) is 6.92 Å². The number of hydrogen-bond acceptors (Lipinski definition) is 2. The van der Waals surface area contributed by atoms with Crippen LogP contribution in [0.5, 0.6) is 0 Å². The van der Waals surface area contributed by atoms with Crippen molar-refractivity contribution in [2.75, 3.05) is 5.32 Å². The number of thiocarbonyl (C=S) groups is 1. The van der Waals surface area contributed by atoms with Crippen LogP contribution in [0.3, 0.4) is 0 Å². The highest BCUT2D eigenvalue weighted by Gasteiger charge is 1.97. The molecule has 2 N–H and O–H groups in total. The number of rotatable bonds is 5. The summed E-state index contributed by atoms with van der Waals surface area (Å²) in [5, 5.41) is 7.78. The third kappa shape index (κ3) is 5.59. The molecule has 3 nitrogen and oxygen atoms in total. The Bertz CT molecular complexity index is 452. The normalized spacial score (nSPS) is 10.9. The Morgan fingerprint density at radius 3 is 2.94 bits per heavy atom. The van der Waals surface area contributed by atoms with E-state index in [2.05, 4.69) is 22.4 Å². The van der Waals surface area contributed by atoms with Crippen LogP contribution >= 0.6 is 12.2 Å². The molecule has 0 bridgehead atoms. The Morgan fingerprint density at radius 1 is 1.50 bits per heavy atom. The monoisotopic (exact) mass is 261 g/mol. The van der Waals surface area contributed by atoms with Crippen molar-refractivity contribution in [2.45, 2.75) is 26.7 Å². The topological polar surface area (TPSA) is 36.4 Å². The number of aryl methyl sites for hydroxylation is 1. The Labute approximate surface area is 114 Å². The standard InChI is InChI=1S/C14H19N3S/c1-4-5-8-12(3)16-17-14(18)15-13-9-6-7-11(2)10-13/h4,6-7,9-10H,1,5,8H2,2-3H3,(H2,15,17,18)/b16-12+. The molecule has 0 aromatic heterocycles. The summed E-state index contributed by atoms with van der Waals surface area (Å²) in [6.07, 6.45) is 3.70. The molecule has 0 unspecified atom stereocenters. The van der Waals surface area contributed by atoms with Gasteiger partial charge < -0.3 is 5.32 Å². The first kappa shape index (κ1) is 14.4. The van der Waals surface area contributed by atoms with E-state index in [1.54, 1.807) is 0 Å². The van der Waals surface area contributed by atoms with E-state index in [1.165, 1.54) is 5.56 Å². The molecule has 0 atom stereocenters. The van der Waals surface area contributed by atoms with Gasteiger partial charge in [0.15, 0.2) is 5.11 Å². The summed E-state index contributed by atoms with van der Waals surface area (Å²) in [5.41, 5.74) is 5.99. The molecule has 0 aliphatic heterocycles. The molecule has 1 aromatic rings. The maximum Gasteiger partial charge on any atom is 0.191 e. The van der Waals surface area contributed by atoms with E-state index in [0.717, 1.165) is 24.2 Å². The van der Waals surface area contributed by atoms with Gasteiger partial charge in [-0.25, -0.2) is 0 Å². The van der Waals surface area contributed by atoms with Crippen LogP contribution in [-0.4, -0.2) is 10.8 Å². The average Bonchev–Trinajstić information content (AvgIpc) is 2.34. The van der Waals surface area contributed by atoms with Gasteiger partial charge in [0.1, 0.15) is 0 Å². The minimum Gasteiger partial charge on any atom is -0.331 e. The second kappa shape index (κ2) is 7.61. The highest BCUT2D eigenvalue weighted by atomic mass is 32.1. The van der Waals surface area contributed by atoms with Crippen LogP contribution in [0.25, 0.3) is 0 Å². The van der Waals surface area contributed by atoms with E-state index in [9.17, 15) is 0 Å². The molecule has 0 amide bonds. The summed E-state index contributed by atoms with van der Waals surface area (Å²) in [4.78, 5) is 0. The van der Waals surface area contributed by atoms with Crippen molar-refractivity contribution in [3.05, 3.63) is 42.5 Å². The lowest BCUT2D eigenvalue weighted by molar-refractivity contribution is 0.991. The zero-order chi connectivity index (χ0) is 13.4. The van der Waals surface area contributed by atoms with Gasteiger partial charge in [-0.05, 0) is 56.6 Å². The Kier molecular flexibility index (Phi) is 6.08. The molecule has 0 saturated heterocycles. The van der Waals surface area contributed by atoms with E-state index in [4.69, 9.17) is 12.2 Å². The Balaban J connectivity index is 2.44. The number of nitrogens with one attached hydrogen (secondary N) is 2. The molecule has 0 aliphatic rings. The molecule has 4 heteroatoms. The summed E-state index contributed by atoms with van der Waals surface area (Å²) in [7, 11) is 0. The predicted octanol–water partition coefficient (Wildman–Crippen LogP) is 3.62. The SMILES string of the molecule is C=CCC/C(C)=N/NC(=S)Nc1cccc(C)c1. The summed E-state index contributed by atoms with van der Waals surface area (Å²) >= 11 is 5.16. The van der Waals surface area contributed by atoms with Crippen molar-refractivity contribution < 1.29 is 0 Å². The lowest BCUT2D eigenvalue weighted by atomic mass is 10.2. The quantitative estimate of drug-likeness (QED) is 0.368. The third-order valence-electron chi connectivity index (χ3n) is 2.33. The molecule has 1 rings (SSSR count). The van der Waals surface area contributed by atoms with Crippen molar-refractivity contribution in [3.8, 4) is 0 Å². The number of allylic oxidation sites excluding steroid dienone is 1. The molecule has 0 aliphatic carbocycles. The van der Waals surface area contributed by atoms with Crippen molar-refractivity contribution in [3.63, 3.8) is 0 Å². The fraction of sp³-hybridized carbons (Fsp3) is 0.286. The zero-order valence-corrected chi connectivity index (χ0v) is 11.7. The minimum atomic E-state index is 0.499. The molecular formula is C14H19N3S. The van der Waals surface area contributed by atoms with Gasteiger partial charge in [0.25, 0.3) is 0 Å². The predicted molar refractivity (Wildman–Crippen MR) is 83.1 cm³/mol. The number of nitrogens with zero attached hydrogens (tertiary/aromatic N) is 1. The molecule has 96 valence electrons. The number of hydrogen-bond donors (Lipinski definition) is 2. The molecule has 0 fully saturated rings. The Morgan fingerprint density at radius 2 is 2.28 bits per heavy atom. The molecule has 1 aromatic carbocycles. The molecule has 0 saturated carbocycles. The first-order chi connectivity index (χ1) is 8.61. The van der Waals surface area contributed by atoms with Gasteiger partial charge in [0, 0.05) is 11.4 Å². The van der Waals surface area contributed by atoms with Crippen LogP contribution in [0.4, 0.5) is 5.69 Å². The molecule has 0 spiro atoms. The number of hydrazone groups is 1. The van der Waals surface area contributed by atoms with Crippen molar-refractivity contribution >= 4 is 28.7 Å². The van der Waals surface area contributed by atoms with Crippen LogP contribution in [-0.2, 0) is 0 Å². The van der Waals surface area contributed by atoms with Crippen molar-refractivity contribution in [1.82, 2.24) is 5.43 Å². The zero-order valence-electron chi connectivity index (χ0n) is 10.9. The molecular weight excluding hydrogens is 242 g/mol. The highest BCUT2D eigenvalue weighted by molar-refractivity contribution is 7.80. The number of anilines is 1. The van der Waals surface area contributed by atoms with Gasteiger partial charge in [-0.15, -0.1) is 6.58 Å². The van der Waals surface area contributed by atoms with Gasteiger partial charge in [0.2, 0.25) is 0 Å². The molecule has 0 heterocycles. The summed E-state index contributed by atoms with van der Waals surface area (Å²) in [6.45, 7) is 7.68. The highest BCUT2D eigenvalue weighted by Crippen LogP contribution is 2.09. The van der Waals surface area contributed by atoms with Crippen molar-refractivity contribution in [1.29, 1.82) is 0 Å². The van der Waals surface area contributed by atoms with E-state index >= 15 is 0 Å². The summed E-state index contributed by atoms with van der Waals surface area (Å²) in [5.74, 6) is 0. The second-order valence-corrected chi connectivity index (χ2v) is 4.52. The lowest BCUT2D eigenvalue weighted by Gasteiger charge is -2.08. The maximum atomic E-state index is 5.16. The maximum absolute atomic E-state index is 5.16. The van der Waals surface area contributed by atoms with Gasteiger partial charge in [-0.3, -0.25) is 5.43 Å². The Hall–Kier alpha value is -1.68. The first-order valence-electron chi connectivity index (χ1n) is 5.89. The van der Waals surface area contributed by atoms with Crippen molar-refractivity contribution in [2.24, 2.45) is 5.10 Å². The summed E-state index contributed by atoms with van der Waals surface area (Å²) < 4.78 is 0. The fourth-order valence-electron chi connectivity index (χ4n) is 1.39. The molecule has 0 radical (unpaired) electrons. The van der Waals surface area contributed by atoms with Gasteiger partial charge in [0.05, 0.1) is 0 Å². The first-order valence-corrected chi connectivity index (χ1v) is 6.30. The fourth-order valence-corrected chi connectivity index (χ4v) is 1.56. The van der Waals surface area contributed by atoms with E-state index in [1.807, 2.05) is 44.2 Å². The van der Waals surface area contributed by atoms with Gasteiger partial charge in [-0.2, -0.15) is 5.10 Å². The van der Waals surface area contributed by atoms with E-state index < -0.39 is 0 Å². The summed E-state index contributed by atoms with van der Waals surface area (Å²) in [6, 6.07) is 8.02. The van der Waals surface area contributed by atoms with E-state index in [-0.39, 0.29) is 0 Å². The van der Waals surface area contributed by atoms with Crippen LogP contribution in [0.1, 0.15) is 25.3 Å². The average molecular weight is 261 g/mol. The third-order valence-corrected chi connectivity index (χ3v) is 2.53. The lowest BCUT2D eigenvalue weighted by Crippen LogP contribution is -2.24. The smallest absolute Gasteiger partial charge is 0.191 e. The van der Waals surface area contributed by atoms with Crippen LogP contribution in [0.15, 0.2) is 42.0 Å². The number of benzene rings is 1. The van der Waals surface area contributed by atoms with Crippen LogP contribution in [0.2, 0.25) is 0 Å². The minimum absolute atomic E-state index is 0.499. The van der Waals surface area contributed by atoms with Gasteiger partial charge >= 0.3 is 0 Å². The second-order valence-electron chi connectivity index (χ2n) is 4.11. The molecule has 18 heavy (non-hydrogen) atoms. The van der Waals surface area contributed by atoms with Gasteiger partial charge in [-0.1, -0.05) is 18.2 Å².